The van der Waals surface area contributed by atoms with Crippen molar-refractivity contribution in [3.8, 4) is 0 Å². The SMILES string of the molecule is CC1C[Te]C2(S1)SC(C)C[Te]2. The summed E-state index contributed by atoms with van der Waals surface area (Å²) in [4.78, 5) is 0. The van der Waals surface area contributed by atoms with Crippen LogP contribution in [0, 0.1) is 0 Å². The van der Waals surface area contributed by atoms with Crippen molar-refractivity contribution < 1.29 is 0 Å². The molecule has 2 aliphatic heterocycles. The molecule has 0 radical (unpaired) electrons. The normalized spacial score (nSPS) is 50.7. The van der Waals surface area contributed by atoms with Crippen LogP contribution in [0.15, 0.2) is 0 Å². The Morgan fingerprint density at radius 1 is 1.09 bits per heavy atom. The van der Waals surface area contributed by atoms with Gasteiger partial charge in [-0.1, -0.05) is 0 Å². The fourth-order valence-electron chi connectivity index (χ4n) is 1.21. The van der Waals surface area contributed by atoms with E-state index >= 15 is 0 Å². The van der Waals surface area contributed by atoms with E-state index in [-0.39, 0.29) is 0 Å². The van der Waals surface area contributed by atoms with Crippen molar-refractivity contribution >= 4 is 65.4 Å². The number of hydrogen-bond acceptors (Lipinski definition) is 2. The molecule has 0 saturated carbocycles. The summed E-state index contributed by atoms with van der Waals surface area (Å²) in [5.74, 6) is 0. The molecule has 0 aliphatic carbocycles. The predicted octanol–water partition coefficient (Wildman–Crippen LogP) is 2.11. The molecular weight excluding hydrogens is 403 g/mol. The van der Waals surface area contributed by atoms with Gasteiger partial charge in [0.15, 0.2) is 0 Å². The average Bonchev–Trinajstić information content (AvgIpc) is 2.44. The van der Waals surface area contributed by atoms with E-state index in [0.29, 0.717) is 41.8 Å². The molecule has 2 unspecified atom stereocenters. The summed E-state index contributed by atoms with van der Waals surface area (Å²) in [6, 6.07) is 0. The fourth-order valence-corrected chi connectivity index (χ4v) is 22.6. The summed E-state index contributed by atoms with van der Waals surface area (Å²) in [6.07, 6.45) is 0. The van der Waals surface area contributed by atoms with Crippen molar-refractivity contribution in [1.82, 2.24) is 0 Å². The predicted molar refractivity (Wildman–Crippen MR) is 58.0 cm³/mol. The maximum atomic E-state index is 2.43. The molecule has 2 heterocycles. The van der Waals surface area contributed by atoms with Gasteiger partial charge in [0.2, 0.25) is 0 Å². The molecule has 0 nitrogen and oxygen atoms in total. The van der Waals surface area contributed by atoms with Crippen molar-refractivity contribution in [3.05, 3.63) is 0 Å². The molecular formula is C7H12S2Te2. The zero-order chi connectivity index (χ0) is 7.90. The van der Waals surface area contributed by atoms with Crippen molar-refractivity contribution in [3.63, 3.8) is 0 Å². The molecule has 64 valence electrons. The van der Waals surface area contributed by atoms with Gasteiger partial charge in [-0.3, -0.25) is 0 Å². The first-order chi connectivity index (χ1) is 5.20. The summed E-state index contributed by atoms with van der Waals surface area (Å²) < 4.78 is 4.15. The molecule has 2 fully saturated rings. The third kappa shape index (κ3) is 2.20. The second kappa shape index (κ2) is 3.80. The molecule has 0 aromatic carbocycles. The Bertz CT molecular complexity index is 145. The third-order valence-electron chi connectivity index (χ3n) is 1.68. The number of hydrogen-bond donors (Lipinski definition) is 0. The quantitative estimate of drug-likeness (QED) is 0.556. The molecule has 2 aliphatic rings. The Hall–Kier alpha value is 2.28. The van der Waals surface area contributed by atoms with Crippen LogP contribution >= 0.6 is 23.5 Å². The molecule has 0 bridgehead atoms. The van der Waals surface area contributed by atoms with E-state index in [9.17, 15) is 0 Å². The van der Waals surface area contributed by atoms with Gasteiger partial charge in [-0.05, 0) is 0 Å². The van der Waals surface area contributed by atoms with Gasteiger partial charge in [0.1, 0.15) is 0 Å². The molecule has 2 saturated heterocycles. The van der Waals surface area contributed by atoms with Crippen molar-refractivity contribution in [2.45, 2.75) is 33.5 Å². The molecule has 0 aromatic heterocycles. The van der Waals surface area contributed by atoms with Crippen molar-refractivity contribution in [2.75, 3.05) is 0 Å². The van der Waals surface area contributed by atoms with E-state index < -0.39 is 0 Å². The van der Waals surface area contributed by atoms with E-state index in [2.05, 4.69) is 37.4 Å². The Kier molecular flexibility index (Phi) is 3.39. The molecule has 4 heteroatoms. The maximum absolute atomic E-state index is 2.43. The zero-order valence-electron chi connectivity index (χ0n) is 6.70. The summed E-state index contributed by atoms with van der Waals surface area (Å²) in [6.45, 7) is 4.86. The van der Waals surface area contributed by atoms with Crippen LogP contribution in [-0.4, -0.2) is 52.5 Å². The summed E-state index contributed by atoms with van der Waals surface area (Å²) in [7, 11) is 0. The van der Waals surface area contributed by atoms with E-state index in [4.69, 9.17) is 0 Å². The van der Waals surface area contributed by atoms with Crippen LogP contribution in [0.3, 0.4) is 0 Å². The monoisotopic (exact) mass is 420 g/mol. The van der Waals surface area contributed by atoms with Gasteiger partial charge in [-0.25, -0.2) is 0 Å². The van der Waals surface area contributed by atoms with Crippen LogP contribution in [0.2, 0.25) is 8.94 Å². The number of rotatable bonds is 0. The van der Waals surface area contributed by atoms with Crippen LogP contribution in [0.1, 0.15) is 13.8 Å². The van der Waals surface area contributed by atoms with Gasteiger partial charge >= 0.3 is 98.8 Å². The topological polar surface area (TPSA) is 0 Å². The van der Waals surface area contributed by atoms with Gasteiger partial charge in [0, 0.05) is 0 Å². The molecule has 0 amide bonds. The first kappa shape index (κ1) is 9.82. The van der Waals surface area contributed by atoms with Gasteiger partial charge in [0.05, 0.1) is 0 Å². The molecule has 0 aromatic rings. The van der Waals surface area contributed by atoms with Crippen molar-refractivity contribution in [1.29, 1.82) is 0 Å². The van der Waals surface area contributed by atoms with Gasteiger partial charge in [-0.2, -0.15) is 0 Å². The standard InChI is InChI=1S/C7H12S2Te2/c1-5-3-10-7(8-5)9-6(2)4-11-7/h5-6H,3-4H2,1-2H3. The first-order valence-corrected chi connectivity index (χ1v) is 11.2. The number of thioether (sulfide) groups is 2. The first-order valence-electron chi connectivity index (χ1n) is 3.84. The second-order valence-corrected chi connectivity index (χ2v) is 19.3. The van der Waals surface area contributed by atoms with E-state index in [1.165, 1.54) is 0 Å². The van der Waals surface area contributed by atoms with Crippen molar-refractivity contribution in [2.24, 2.45) is 0 Å². The Morgan fingerprint density at radius 3 is 1.82 bits per heavy atom. The van der Waals surface area contributed by atoms with Crippen LogP contribution in [-0.2, 0) is 0 Å². The van der Waals surface area contributed by atoms with Crippen LogP contribution < -0.4 is 0 Å². The van der Waals surface area contributed by atoms with Crippen LogP contribution in [0.4, 0.5) is 0 Å². The molecule has 11 heavy (non-hydrogen) atoms. The Balaban J connectivity index is 2.02. The van der Waals surface area contributed by atoms with E-state index in [1.54, 1.807) is 8.94 Å². The van der Waals surface area contributed by atoms with Gasteiger partial charge in [0.25, 0.3) is 0 Å². The Morgan fingerprint density at radius 2 is 1.55 bits per heavy atom. The minimum absolute atomic E-state index is 0.394. The van der Waals surface area contributed by atoms with Gasteiger partial charge < -0.3 is 0 Å². The Labute approximate surface area is 97.6 Å². The third-order valence-corrected chi connectivity index (χ3v) is 22.1. The summed E-state index contributed by atoms with van der Waals surface area (Å²) in [5.41, 5.74) is 0. The fraction of sp³-hybridized carbons (Fsp3) is 1.00. The zero-order valence-corrected chi connectivity index (χ0v) is 13.0. The average molecular weight is 416 g/mol. The van der Waals surface area contributed by atoms with Crippen LogP contribution in [0.5, 0.6) is 0 Å². The van der Waals surface area contributed by atoms with Gasteiger partial charge in [-0.15, -0.1) is 0 Å². The molecule has 0 N–H and O–H groups in total. The van der Waals surface area contributed by atoms with Crippen LogP contribution in [0.25, 0.3) is 0 Å². The second-order valence-electron chi connectivity index (χ2n) is 2.98. The minimum atomic E-state index is 0.394. The molecule has 1 spiro atoms. The molecule has 2 rings (SSSR count). The summed E-state index contributed by atoms with van der Waals surface area (Å²) in [5, 5.41) is 2.03. The van der Waals surface area contributed by atoms with E-state index in [0.717, 1.165) is 10.7 Å². The van der Waals surface area contributed by atoms with E-state index in [1.807, 2.05) is 0 Å². The summed E-state index contributed by atoms with van der Waals surface area (Å²) >= 11 is 5.50. The molecule has 2 atom stereocenters.